The number of morpholine rings is 1. The lowest BCUT2D eigenvalue weighted by atomic mass is 9.91. The minimum Gasteiger partial charge on any atom is -0.375 e. The summed E-state index contributed by atoms with van der Waals surface area (Å²) in [5.41, 5.74) is 0.525. The van der Waals surface area contributed by atoms with E-state index in [0.717, 1.165) is 25.7 Å². The zero-order valence-electron chi connectivity index (χ0n) is 12.7. The second-order valence-corrected chi connectivity index (χ2v) is 7.85. The summed E-state index contributed by atoms with van der Waals surface area (Å²) in [5.74, 6) is -0.0670. The number of benzene rings is 1. The first-order valence-electron chi connectivity index (χ1n) is 7.74. The number of hydrogen-bond acceptors (Lipinski definition) is 4. The number of fused-ring (bicyclic) bond motifs is 1. The number of rotatable bonds is 3. The van der Waals surface area contributed by atoms with Gasteiger partial charge in [0.05, 0.1) is 23.6 Å². The van der Waals surface area contributed by atoms with Crippen LogP contribution in [0.25, 0.3) is 0 Å². The lowest BCUT2D eigenvalue weighted by molar-refractivity contribution is -0.0586. The van der Waals surface area contributed by atoms with E-state index in [0.29, 0.717) is 18.7 Å². The number of ketones is 1. The standard InChI is InChI=1S/C16H21NO4S/c1-12(18)13-6-8-14(9-7-13)22(19,20)17-10-11-21-16-5-3-2-4-15(16)17/h6-9,15-16H,2-5,10-11H2,1H3. The molecular weight excluding hydrogens is 302 g/mol. The first-order chi connectivity index (χ1) is 10.5. The minimum absolute atomic E-state index is 0.0220. The highest BCUT2D eigenvalue weighted by atomic mass is 32.2. The third kappa shape index (κ3) is 2.83. The van der Waals surface area contributed by atoms with Crippen LogP contribution in [0.1, 0.15) is 43.0 Å². The maximum atomic E-state index is 12.9. The molecule has 2 atom stereocenters. The van der Waals surface area contributed by atoms with E-state index in [9.17, 15) is 13.2 Å². The van der Waals surface area contributed by atoms with Gasteiger partial charge in [0.15, 0.2) is 5.78 Å². The average Bonchev–Trinajstić information content (AvgIpc) is 2.54. The van der Waals surface area contributed by atoms with Crippen molar-refractivity contribution in [1.29, 1.82) is 0 Å². The van der Waals surface area contributed by atoms with Gasteiger partial charge in [-0.2, -0.15) is 4.31 Å². The molecule has 1 aromatic rings. The van der Waals surface area contributed by atoms with Gasteiger partial charge >= 0.3 is 0 Å². The van der Waals surface area contributed by atoms with Gasteiger partial charge in [-0.05, 0) is 31.9 Å². The van der Waals surface area contributed by atoms with Crippen LogP contribution in [0.15, 0.2) is 29.2 Å². The van der Waals surface area contributed by atoms with Crippen LogP contribution in [0.5, 0.6) is 0 Å². The van der Waals surface area contributed by atoms with Crippen molar-refractivity contribution in [2.24, 2.45) is 0 Å². The van der Waals surface area contributed by atoms with Crippen molar-refractivity contribution in [3.05, 3.63) is 29.8 Å². The molecule has 2 aliphatic rings. The van der Waals surface area contributed by atoms with Crippen molar-refractivity contribution < 1.29 is 17.9 Å². The van der Waals surface area contributed by atoms with Crippen molar-refractivity contribution >= 4 is 15.8 Å². The predicted molar refractivity (Wildman–Crippen MR) is 82.3 cm³/mol. The van der Waals surface area contributed by atoms with Crippen LogP contribution >= 0.6 is 0 Å². The number of hydrogen-bond donors (Lipinski definition) is 0. The van der Waals surface area contributed by atoms with Gasteiger partial charge in [0, 0.05) is 12.1 Å². The maximum absolute atomic E-state index is 12.9. The molecular formula is C16H21NO4S. The topological polar surface area (TPSA) is 63.7 Å². The molecule has 1 saturated heterocycles. The van der Waals surface area contributed by atoms with E-state index in [1.807, 2.05) is 0 Å². The molecule has 0 spiro atoms. The summed E-state index contributed by atoms with van der Waals surface area (Å²) in [7, 11) is -3.53. The molecule has 1 aliphatic carbocycles. The quantitative estimate of drug-likeness (QED) is 0.800. The van der Waals surface area contributed by atoms with Crippen LogP contribution in [-0.2, 0) is 14.8 Å². The Labute approximate surface area is 131 Å². The van der Waals surface area contributed by atoms with Crippen LogP contribution in [0, 0.1) is 0 Å². The van der Waals surface area contributed by atoms with E-state index in [-0.39, 0.29) is 22.8 Å². The number of Topliss-reactive ketones (excluding diaryl/α,β-unsaturated/α-hetero) is 1. The van der Waals surface area contributed by atoms with Crippen molar-refractivity contribution in [2.45, 2.75) is 49.6 Å². The Balaban J connectivity index is 1.89. The van der Waals surface area contributed by atoms with Crippen molar-refractivity contribution in [1.82, 2.24) is 4.31 Å². The normalized spacial score (nSPS) is 26.4. The summed E-state index contributed by atoms with van der Waals surface area (Å²) in [6.45, 7) is 2.32. The largest absolute Gasteiger partial charge is 0.375 e. The van der Waals surface area contributed by atoms with Crippen LogP contribution < -0.4 is 0 Å². The zero-order chi connectivity index (χ0) is 15.7. The SMILES string of the molecule is CC(=O)c1ccc(S(=O)(=O)N2CCOC3CCCCC32)cc1. The zero-order valence-corrected chi connectivity index (χ0v) is 13.5. The third-order valence-corrected chi connectivity index (χ3v) is 6.49. The number of nitrogens with zero attached hydrogens (tertiary/aromatic N) is 1. The fraction of sp³-hybridized carbons (Fsp3) is 0.562. The summed E-state index contributed by atoms with van der Waals surface area (Å²) >= 11 is 0. The lowest BCUT2D eigenvalue weighted by Crippen LogP contribution is -2.54. The summed E-state index contributed by atoms with van der Waals surface area (Å²) in [6, 6.07) is 6.15. The average molecular weight is 323 g/mol. The van der Waals surface area contributed by atoms with Gasteiger partial charge in [-0.1, -0.05) is 25.0 Å². The minimum atomic E-state index is -3.53. The van der Waals surface area contributed by atoms with Crippen LogP contribution in [0.2, 0.25) is 0 Å². The summed E-state index contributed by atoms with van der Waals surface area (Å²) < 4.78 is 33.2. The Hall–Kier alpha value is -1.24. The van der Waals surface area contributed by atoms with Crippen LogP contribution in [-0.4, -0.2) is 43.8 Å². The summed E-state index contributed by atoms with van der Waals surface area (Å²) in [4.78, 5) is 11.6. The third-order valence-electron chi connectivity index (χ3n) is 4.55. The second kappa shape index (κ2) is 6.10. The molecule has 0 N–H and O–H groups in total. The number of carbonyl (C=O) groups is 1. The monoisotopic (exact) mass is 323 g/mol. The van der Waals surface area contributed by atoms with Crippen molar-refractivity contribution in [2.75, 3.05) is 13.2 Å². The molecule has 2 fully saturated rings. The molecule has 3 rings (SSSR count). The van der Waals surface area contributed by atoms with Gasteiger partial charge in [0.25, 0.3) is 0 Å². The van der Waals surface area contributed by atoms with Crippen molar-refractivity contribution in [3.63, 3.8) is 0 Å². The Morgan fingerprint density at radius 2 is 1.86 bits per heavy atom. The molecule has 2 unspecified atom stereocenters. The van der Waals surface area contributed by atoms with Gasteiger partial charge in [-0.25, -0.2) is 8.42 Å². The molecule has 1 heterocycles. The number of sulfonamides is 1. The fourth-order valence-corrected chi connectivity index (χ4v) is 5.02. The van der Waals surface area contributed by atoms with E-state index in [4.69, 9.17) is 4.74 Å². The Kier molecular flexibility index (Phi) is 4.34. The Morgan fingerprint density at radius 3 is 2.55 bits per heavy atom. The van der Waals surface area contributed by atoms with E-state index in [2.05, 4.69) is 0 Å². The Bertz CT molecular complexity index is 651. The Morgan fingerprint density at radius 1 is 1.18 bits per heavy atom. The highest BCUT2D eigenvalue weighted by Gasteiger charge is 2.40. The molecule has 22 heavy (non-hydrogen) atoms. The molecule has 0 aromatic heterocycles. The van der Waals surface area contributed by atoms with Gasteiger partial charge < -0.3 is 4.74 Å². The van der Waals surface area contributed by atoms with E-state index < -0.39 is 10.0 Å². The van der Waals surface area contributed by atoms with E-state index in [1.165, 1.54) is 19.1 Å². The van der Waals surface area contributed by atoms with Gasteiger partial charge in [-0.3, -0.25) is 4.79 Å². The van der Waals surface area contributed by atoms with Gasteiger partial charge in [-0.15, -0.1) is 0 Å². The number of ether oxygens (including phenoxy) is 1. The highest BCUT2D eigenvalue weighted by molar-refractivity contribution is 7.89. The molecule has 1 saturated carbocycles. The van der Waals surface area contributed by atoms with E-state index >= 15 is 0 Å². The first kappa shape index (κ1) is 15.6. The smallest absolute Gasteiger partial charge is 0.243 e. The van der Waals surface area contributed by atoms with Crippen molar-refractivity contribution in [3.8, 4) is 0 Å². The molecule has 0 bridgehead atoms. The predicted octanol–water partition coefficient (Wildman–Crippen LogP) is 2.22. The van der Waals surface area contributed by atoms with Crippen LogP contribution in [0.4, 0.5) is 0 Å². The fourth-order valence-electron chi connectivity index (χ4n) is 3.36. The van der Waals surface area contributed by atoms with Gasteiger partial charge in [0.2, 0.25) is 10.0 Å². The molecule has 6 heteroatoms. The van der Waals surface area contributed by atoms with Crippen LogP contribution in [0.3, 0.4) is 0 Å². The first-order valence-corrected chi connectivity index (χ1v) is 9.18. The highest BCUT2D eigenvalue weighted by Crippen LogP contribution is 2.32. The molecule has 120 valence electrons. The van der Waals surface area contributed by atoms with Gasteiger partial charge in [0.1, 0.15) is 0 Å². The molecule has 1 aromatic carbocycles. The number of carbonyl (C=O) groups excluding carboxylic acids is 1. The molecule has 1 aliphatic heterocycles. The molecule has 0 radical (unpaired) electrons. The maximum Gasteiger partial charge on any atom is 0.243 e. The summed E-state index contributed by atoms with van der Waals surface area (Å²) in [6.07, 6.45) is 3.95. The molecule has 5 nitrogen and oxygen atoms in total. The summed E-state index contributed by atoms with van der Waals surface area (Å²) in [5, 5.41) is 0. The second-order valence-electron chi connectivity index (χ2n) is 5.96. The lowest BCUT2D eigenvalue weighted by Gasteiger charge is -2.42. The van der Waals surface area contributed by atoms with E-state index in [1.54, 1.807) is 16.4 Å². The molecule has 0 amide bonds.